The van der Waals surface area contributed by atoms with E-state index in [0.717, 1.165) is 30.9 Å². The number of imidazole rings is 1. The van der Waals surface area contributed by atoms with E-state index in [1.165, 1.54) is 6.07 Å². The largest absolute Gasteiger partial charge is 0.433 e. The zero-order chi connectivity index (χ0) is 17.3. The van der Waals surface area contributed by atoms with Crippen molar-refractivity contribution in [1.29, 1.82) is 0 Å². The van der Waals surface area contributed by atoms with Crippen molar-refractivity contribution >= 4 is 5.91 Å². The van der Waals surface area contributed by atoms with Gasteiger partial charge in [0.2, 0.25) is 0 Å². The Labute approximate surface area is 137 Å². The van der Waals surface area contributed by atoms with Crippen LogP contribution in [0, 0.1) is 6.92 Å². The topological polar surface area (TPSA) is 51.0 Å². The number of halogens is 3. The summed E-state index contributed by atoms with van der Waals surface area (Å²) in [4.78, 5) is 21.8. The van der Waals surface area contributed by atoms with Gasteiger partial charge in [-0.15, -0.1) is 0 Å². The quantitative estimate of drug-likeness (QED) is 0.845. The first-order valence-corrected chi connectivity index (χ1v) is 7.68. The highest BCUT2D eigenvalue weighted by Gasteiger charge is 2.33. The van der Waals surface area contributed by atoms with Gasteiger partial charge in [0.15, 0.2) is 0 Å². The third-order valence-electron chi connectivity index (χ3n) is 4.24. The number of amides is 1. The molecule has 0 saturated carbocycles. The summed E-state index contributed by atoms with van der Waals surface area (Å²) in [6.45, 7) is 3.00. The highest BCUT2D eigenvalue weighted by atomic mass is 19.4. The van der Waals surface area contributed by atoms with Crippen LogP contribution in [0.2, 0.25) is 0 Å². The highest BCUT2D eigenvalue weighted by Crippen LogP contribution is 2.28. The van der Waals surface area contributed by atoms with Gasteiger partial charge < -0.3 is 9.47 Å². The number of pyridine rings is 1. The maximum absolute atomic E-state index is 12.6. The summed E-state index contributed by atoms with van der Waals surface area (Å²) in [5, 5.41) is 0. The molecule has 1 atom stereocenters. The molecule has 1 aliphatic rings. The van der Waals surface area contributed by atoms with E-state index >= 15 is 0 Å². The van der Waals surface area contributed by atoms with E-state index in [9.17, 15) is 18.0 Å². The number of likely N-dealkylation sites (tertiary alicyclic amines) is 1. The zero-order valence-electron chi connectivity index (χ0n) is 13.1. The first-order chi connectivity index (χ1) is 11.4. The predicted octanol–water partition coefficient (Wildman–Crippen LogP) is 3.08. The third kappa shape index (κ3) is 3.27. The second-order valence-electron chi connectivity index (χ2n) is 5.86. The molecule has 0 unspecified atom stereocenters. The average Bonchev–Trinajstić information content (AvgIpc) is 3.00. The molecule has 0 aromatic carbocycles. The van der Waals surface area contributed by atoms with Crippen molar-refractivity contribution in [3.05, 3.63) is 47.8 Å². The van der Waals surface area contributed by atoms with Gasteiger partial charge in [-0.2, -0.15) is 13.2 Å². The number of aromatic nitrogens is 3. The maximum atomic E-state index is 12.6. The highest BCUT2D eigenvalue weighted by molar-refractivity contribution is 5.94. The molecule has 0 aliphatic carbocycles. The molecular formula is C16H17F3N4O. The molecule has 2 aromatic heterocycles. The molecule has 0 radical (unpaired) electrons. The summed E-state index contributed by atoms with van der Waals surface area (Å²) in [5.74, 6) is 0.587. The standard InChI is InChI=1S/C16H17F3N4O/c1-11-20-6-8-23(11)13-3-2-7-22(10-13)15(24)12-4-5-14(21-9-12)16(17,18)19/h4-6,8-9,13H,2-3,7,10H2,1H3/t13-/m0/s1. The SMILES string of the molecule is Cc1nccn1[C@H]1CCCN(C(=O)c2ccc(C(F)(F)F)nc2)C1. The van der Waals surface area contributed by atoms with E-state index in [2.05, 4.69) is 9.97 Å². The van der Waals surface area contributed by atoms with Gasteiger partial charge in [-0.1, -0.05) is 0 Å². The molecule has 0 spiro atoms. The average molecular weight is 338 g/mol. The summed E-state index contributed by atoms with van der Waals surface area (Å²) in [6, 6.07) is 2.16. The van der Waals surface area contributed by atoms with E-state index in [-0.39, 0.29) is 17.5 Å². The first kappa shape index (κ1) is 16.5. The van der Waals surface area contributed by atoms with Crippen LogP contribution in [0.4, 0.5) is 13.2 Å². The Morgan fingerprint density at radius 3 is 2.67 bits per heavy atom. The zero-order valence-corrected chi connectivity index (χ0v) is 13.1. The van der Waals surface area contributed by atoms with Crippen LogP contribution in [-0.2, 0) is 6.18 Å². The molecule has 0 N–H and O–H groups in total. The lowest BCUT2D eigenvalue weighted by Crippen LogP contribution is -2.40. The minimum absolute atomic E-state index is 0.132. The van der Waals surface area contributed by atoms with Gasteiger partial charge in [-0.25, -0.2) is 4.98 Å². The van der Waals surface area contributed by atoms with Crippen molar-refractivity contribution in [3.8, 4) is 0 Å². The Bertz CT molecular complexity index is 724. The Balaban J connectivity index is 1.74. The Hall–Kier alpha value is -2.38. The van der Waals surface area contributed by atoms with Crippen LogP contribution in [0.25, 0.3) is 0 Å². The fourth-order valence-corrected chi connectivity index (χ4v) is 3.01. The molecule has 2 aromatic rings. The van der Waals surface area contributed by atoms with Crippen LogP contribution in [0.1, 0.15) is 40.8 Å². The van der Waals surface area contributed by atoms with Crippen LogP contribution >= 0.6 is 0 Å². The number of hydrogen-bond donors (Lipinski definition) is 0. The summed E-state index contributed by atoms with van der Waals surface area (Å²) in [6.07, 6.45) is 1.87. The van der Waals surface area contributed by atoms with Gasteiger partial charge in [0.05, 0.1) is 11.6 Å². The number of rotatable bonds is 2. The van der Waals surface area contributed by atoms with Crippen molar-refractivity contribution in [3.63, 3.8) is 0 Å². The number of piperidine rings is 1. The molecule has 3 heterocycles. The van der Waals surface area contributed by atoms with Gasteiger partial charge in [0, 0.05) is 31.7 Å². The lowest BCUT2D eigenvalue weighted by molar-refractivity contribution is -0.141. The molecule has 0 bridgehead atoms. The number of alkyl halides is 3. The van der Waals surface area contributed by atoms with Gasteiger partial charge >= 0.3 is 6.18 Å². The maximum Gasteiger partial charge on any atom is 0.433 e. The molecule has 1 fully saturated rings. The summed E-state index contributed by atoms with van der Waals surface area (Å²) in [7, 11) is 0. The van der Waals surface area contributed by atoms with Crippen molar-refractivity contribution in [2.75, 3.05) is 13.1 Å². The fourth-order valence-electron chi connectivity index (χ4n) is 3.01. The molecule has 5 nitrogen and oxygen atoms in total. The van der Waals surface area contributed by atoms with E-state index in [0.29, 0.717) is 13.1 Å². The van der Waals surface area contributed by atoms with Crippen LogP contribution in [0.3, 0.4) is 0 Å². The molecule has 1 saturated heterocycles. The predicted molar refractivity (Wildman–Crippen MR) is 80.4 cm³/mol. The summed E-state index contributed by atoms with van der Waals surface area (Å²) >= 11 is 0. The minimum Gasteiger partial charge on any atom is -0.337 e. The normalized spacial score (nSPS) is 18.7. The number of carbonyl (C=O) groups is 1. The molecule has 3 rings (SSSR count). The van der Waals surface area contributed by atoms with Crippen LogP contribution in [-0.4, -0.2) is 38.4 Å². The van der Waals surface area contributed by atoms with E-state index in [4.69, 9.17) is 0 Å². The number of hydrogen-bond acceptors (Lipinski definition) is 3. The van der Waals surface area contributed by atoms with Crippen LogP contribution in [0.15, 0.2) is 30.7 Å². The van der Waals surface area contributed by atoms with E-state index < -0.39 is 11.9 Å². The third-order valence-corrected chi connectivity index (χ3v) is 4.24. The van der Waals surface area contributed by atoms with Crippen LogP contribution in [0.5, 0.6) is 0 Å². The lowest BCUT2D eigenvalue weighted by atomic mass is 10.0. The first-order valence-electron chi connectivity index (χ1n) is 7.68. The Morgan fingerprint density at radius 2 is 2.08 bits per heavy atom. The van der Waals surface area contributed by atoms with E-state index in [1.54, 1.807) is 11.1 Å². The molecule has 8 heteroatoms. The number of nitrogens with zero attached hydrogens (tertiary/aromatic N) is 4. The Morgan fingerprint density at radius 1 is 1.29 bits per heavy atom. The summed E-state index contributed by atoms with van der Waals surface area (Å²) in [5.41, 5.74) is -0.824. The Kier molecular flexibility index (Phi) is 4.29. The van der Waals surface area contributed by atoms with Gasteiger partial charge in [0.25, 0.3) is 5.91 Å². The van der Waals surface area contributed by atoms with Crippen LogP contribution < -0.4 is 0 Å². The monoisotopic (exact) mass is 338 g/mol. The fraction of sp³-hybridized carbons (Fsp3) is 0.438. The second-order valence-corrected chi connectivity index (χ2v) is 5.86. The van der Waals surface area contributed by atoms with Crippen molar-refractivity contribution < 1.29 is 18.0 Å². The second kappa shape index (κ2) is 6.26. The molecule has 1 amide bonds. The lowest BCUT2D eigenvalue weighted by Gasteiger charge is -2.34. The number of aryl methyl sites for hydroxylation is 1. The number of carbonyl (C=O) groups excluding carboxylic acids is 1. The molecule has 1 aliphatic heterocycles. The van der Waals surface area contributed by atoms with Crippen molar-refractivity contribution in [2.45, 2.75) is 32.0 Å². The molecule has 128 valence electrons. The smallest absolute Gasteiger partial charge is 0.337 e. The van der Waals surface area contributed by atoms with Gasteiger partial charge in [0.1, 0.15) is 11.5 Å². The van der Waals surface area contributed by atoms with E-state index in [1.807, 2.05) is 17.7 Å². The van der Waals surface area contributed by atoms with Gasteiger partial charge in [-0.3, -0.25) is 9.78 Å². The minimum atomic E-state index is -4.50. The molecule has 24 heavy (non-hydrogen) atoms. The van der Waals surface area contributed by atoms with Crippen molar-refractivity contribution in [2.24, 2.45) is 0 Å². The van der Waals surface area contributed by atoms with Crippen molar-refractivity contribution in [1.82, 2.24) is 19.4 Å². The summed E-state index contributed by atoms with van der Waals surface area (Å²) < 4.78 is 39.7. The van der Waals surface area contributed by atoms with Gasteiger partial charge in [-0.05, 0) is 31.9 Å². The molecular weight excluding hydrogens is 321 g/mol.